The average molecular weight is 212 g/mol. The summed E-state index contributed by atoms with van der Waals surface area (Å²) >= 11 is 11.9. The van der Waals surface area contributed by atoms with Crippen LogP contribution in [0.5, 0.6) is 0 Å². The molecule has 0 aliphatic rings. The first-order valence-electron chi connectivity index (χ1n) is 3.88. The van der Waals surface area contributed by atoms with Crippen LogP contribution in [0.25, 0.3) is 10.8 Å². The van der Waals surface area contributed by atoms with Gasteiger partial charge in [0.15, 0.2) is 0 Å². The highest BCUT2D eigenvalue weighted by molar-refractivity contribution is 6.45. The normalized spacial score (nSPS) is 10.7. The Bertz CT molecular complexity index is 466. The molecule has 0 amide bonds. The van der Waals surface area contributed by atoms with Crippen molar-refractivity contribution < 1.29 is 0 Å². The van der Waals surface area contributed by atoms with Crippen LogP contribution < -0.4 is 0 Å². The number of aryl methyl sites for hydroxylation is 1. The van der Waals surface area contributed by atoms with Crippen LogP contribution in [0.2, 0.25) is 10.0 Å². The smallest absolute Gasteiger partial charge is 0.0686 e. The topological polar surface area (TPSA) is 12.9 Å². The Kier molecular flexibility index (Phi) is 2.14. The number of pyridine rings is 1. The Morgan fingerprint density at radius 3 is 2.62 bits per heavy atom. The summed E-state index contributed by atoms with van der Waals surface area (Å²) in [5.41, 5.74) is 1.11. The van der Waals surface area contributed by atoms with Crippen LogP contribution >= 0.6 is 23.2 Å². The summed E-state index contributed by atoms with van der Waals surface area (Å²) in [6.07, 6.45) is 3.54. The zero-order chi connectivity index (χ0) is 9.42. The molecule has 0 bridgehead atoms. The Hall–Kier alpha value is -0.790. The fraction of sp³-hybridized carbons (Fsp3) is 0.100. The average Bonchev–Trinajstić information content (AvgIpc) is 2.12. The molecule has 3 heteroatoms. The zero-order valence-electron chi connectivity index (χ0n) is 7.01. The molecule has 0 fully saturated rings. The molecular weight excluding hydrogens is 205 g/mol. The Balaban J connectivity index is 2.94. The number of hydrogen-bond donors (Lipinski definition) is 0. The summed E-state index contributed by atoms with van der Waals surface area (Å²) in [7, 11) is 0. The summed E-state index contributed by atoms with van der Waals surface area (Å²) in [4.78, 5) is 4.07. The van der Waals surface area contributed by atoms with E-state index in [-0.39, 0.29) is 0 Å². The molecule has 1 heterocycles. The summed E-state index contributed by atoms with van der Waals surface area (Å²) < 4.78 is 0. The highest BCUT2D eigenvalue weighted by atomic mass is 35.5. The quantitative estimate of drug-likeness (QED) is 0.646. The van der Waals surface area contributed by atoms with Crippen molar-refractivity contribution in [3.05, 3.63) is 40.1 Å². The minimum absolute atomic E-state index is 0.571. The number of rotatable bonds is 0. The van der Waals surface area contributed by atoms with Gasteiger partial charge in [-0.3, -0.25) is 4.98 Å². The van der Waals surface area contributed by atoms with Crippen LogP contribution in [0.1, 0.15) is 5.56 Å². The molecule has 0 aliphatic carbocycles. The van der Waals surface area contributed by atoms with Gasteiger partial charge < -0.3 is 0 Å². The first kappa shape index (κ1) is 8.79. The second kappa shape index (κ2) is 3.17. The van der Waals surface area contributed by atoms with E-state index in [1.165, 1.54) is 0 Å². The largest absolute Gasteiger partial charge is 0.264 e. The Morgan fingerprint density at radius 1 is 1.08 bits per heavy atom. The van der Waals surface area contributed by atoms with Crippen molar-refractivity contribution in [2.75, 3.05) is 0 Å². The van der Waals surface area contributed by atoms with Crippen LogP contribution in [0.3, 0.4) is 0 Å². The van der Waals surface area contributed by atoms with Gasteiger partial charge in [0.05, 0.1) is 10.0 Å². The van der Waals surface area contributed by atoms with E-state index in [4.69, 9.17) is 23.2 Å². The maximum Gasteiger partial charge on any atom is 0.0686 e. The monoisotopic (exact) mass is 211 g/mol. The van der Waals surface area contributed by atoms with Crippen LogP contribution in [0.15, 0.2) is 24.5 Å². The van der Waals surface area contributed by atoms with Crippen molar-refractivity contribution >= 4 is 34.0 Å². The SMILES string of the molecule is Cc1cncc2c(Cl)c(Cl)ccc12. The van der Waals surface area contributed by atoms with Crippen molar-refractivity contribution in [3.8, 4) is 0 Å². The second-order valence-corrected chi connectivity index (χ2v) is 3.70. The fourth-order valence-corrected chi connectivity index (χ4v) is 1.71. The van der Waals surface area contributed by atoms with Crippen LogP contribution in [0.4, 0.5) is 0 Å². The molecule has 2 rings (SSSR count). The number of halogens is 2. The van der Waals surface area contributed by atoms with Gasteiger partial charge in [-0.2, -0.15) is 0 Å². The van der Waals surface area contributed by atoms with Gasteiger partial charge in [0.1, 0.15) is 0 Å². The van der Waals surface area contributed by atoms with E-state index in [1.54, 1.807) is 12.3 Å². The third kappa shape index (κ3) is 1.38. The molecule has 0 radical (unpaired) electrons. The van der Waals surface area contributed by atoms with Crippen LogP contribution in [-0.4, -0.2) is 4.98 Å². The van der Waals surface area contributed by atoms with Gasteiger partial charge in [-0.25, -0.2) is 0 Å². The standard InChI is InChI=1S/C10H7Cl2N/c1-6-4-13-5-8-7(6)2-3-9(11)10(8)12/h2-5H,1H3. The molecule has 0 N–H and O–H groups in total. The molecule has 0 spiro atoms. The molecule has 1 aromatic carbocycles. The first-order valence-corrected chi connectivity index (χ1v) is 4.64. The van der Waals surface area contributed by atoms with E-state index in [9.17, 15) is 0 Å². The molecule has 0 saturated carbocycles. The highest BCUT2D eigenvalue weighted by Gasteiger charge is 2.04. The van der Waals surface area contributed by atoms with E-state index in [2.05, 4.69) is 4.98 Å². The summed E-state index contributed by atoms with van der Waals surface area (Å²) in [5, 5.41) is 3.16. The van der Waals surface area contributed by atoms with Gasteiger partial charge in [0.25, 0.3) is 0 Å². The number of aromatic nitrogens is 1. The molecule has 1 nitrogen and oxygen atoms in total. The maximum atomic E-state index is 6.03. The molecule has 0 atom stereocenters. The lowest BCUT2D eigenvalue weighted by Gasteiger charge is -2.03. The van der Waals surface area contributed by atoms with Gasteiger partial charge >= 0.3 is 0 Å². The van der Waals surface area contributed by atoms with Gasteiger partial charge in [0, 0.05) is 17.8 Å². The molecule has 2 aromatic rings. The molecule has 0 aliphatic heterocycles. The third-order valence-electron chi connectivity index (χ3n) is 2.03. The predicted molar refractivity (Wildman–Crippen MR) is 56.5 cm³/mol. The van der Waals surface area contributed by atoms with Crippen molar-refractivity contribution in [1.82, 2.24) is 4.98 Å². The maximum absolute atomic E-state index is 6.03. The summed E-state index contributed by atoms with van der Waals surface area (Å²) in [6, 6.07) is 3.76. The lowest BCUT2D eigenvalue weighted by Crippen LogP contribution is -1.82. The minimum Gasteiger partial charge on any atom is -0.264 e. The number of nitrogens with zero attached hydrogens (tertiary/aromatic N) is 1. The molecule has 0 saturated heterocycles. The van der Waals surface area contributed by atoms with Crippen LogP contribution in [-0.2, 0) is 0 Å². The van der Waals surface area contributed by atoms with Crippen LogP contribution in [0, 0.1) is 6.92 Å². The molecular formula is C10H7Cl2N. The van der Waals surface area contributed by atoms with Gasteiger partial charge in [-0.05, 0) is 23.9 Å². The number of benzene rings is 1. The van der Waals surface area contributed by atoms with E-state index >= 15 is 0 Å². The molecule has 66 valence electrons. The van der Waals surface area contributed by atoms with E-state index in [0.717, 1.165) is 16.3 Å². The molecule has 0 unspecified atom stereocenters. The Morgan fingerprint density at radius 2 is 1.85 bits per heavy atom. The number of fused-ring (bicyclic) bond motifs is 1. The predicted octanol–water partition coefficient (Wildman–Crippen LogP) is 3.85. The fourth-order valence-electron chi connectivity index (χ4n) is 1.33. The lowest BCUT2D eigenvalue weighted by molar-refractivity contribution is 1.31. The van der Waals surface area contributed by atoms with Crippen molar-refractivity contribution in [3.63, 3.8) is 0 Å². The van der Waals surface area contributed by atoms with Gasteiger partial charge in [0.2, 0.25) is 0 Å². The Labute approximate surface area is 86.3 Å². The zero-order valence-corrected chi connectivity index (χ0v) is 8.52. The summed E-state index contributed by atoms with van der Waals surface area (Å²) in [5.74, 6) is 0. The van der Waals surface area contributed by atoms with E-state index in [1.807, 2.05) is 19.2 Å². The number of hydrogen-bond acceptors (Lipinski definition) is 1. The van der Waals surface area contributed by atoms with Crippen molar-refractivity contribution in [2.24, 2.45) is 0 Å². The summed E-state index contributed by atoms with van der Waals surface area (Å²) in [6.45, 7) is 2.00. The van der Waals surface area contributed by atoms with Crippen molar-refractivity contribution in [1.29, 1.82) is 0 Å². The van der Waals surface area contributed by atoms with E-state index in [0.29, 0.717) is 10.0 Å². The third-order valence-corrected chi connectivity index (χ3v) is 2.85. The van der Waals surface area contributed by atoms with E-state index < -0.39 is 0 Å². The minimum atomic E-state index is 0.571. The second-order valence-electron chi connectivity index (χ2n) is 2.91. The van der Waals surface area contributed by atoms with Gasteiger partial charge in [-0.15, -0.1) is 0 Å². The molecule has 1 aromatic heterocycles. The highest BCUT2D eigenvalue weighted by Crippen LogP contribution is 2.31. The van der Waals surface area contributed by atoms with Crippen molar-refractivity contribution in [2.45, 2.75) is 6.92 Å². The lowest BCUT2D eigenvalue weighted by atomic mass is 10.1. The first-order chi connectivity index (χ1) is 6.20. The van der Waals surface area contributed by atoms with Gasteiger partial charge in [-0.1, -0.05) is 29.3 Å². The molecule has 13 heavy (non-hydrogen) atoms.